The molecule has 1 amide bonds. The molecule has 1 aromatic heterocycles. The van der Waals surface area contributed by atoms with Crippen molar-refractivity contribution >= 4 is 29.3 Å². The lowest BCUT2D eigenvalue weighted by Gasteiger charge is -2.08. The van der Waals surface area contributed by atoms with E-state index in [1.54, 1.807) is 24.3 Å². The van der Waals surface area contributed by atoms with Crippen LogP contribution in [0.15, 0.2) is 70.6 Å². The van der Waals surface area contributed by atoms with Crippen molar-refractivity contribution in [2.24, 2.45) is 0 Å². The molecule has 0 bridgehead atoms. The van der Waals surface area contributed by atoms with E-state index < -0.39 is 5.97 Å². The summed E-state index contributed by atoms with van der Waals surface area (Å²) in [7, 11) is 0. The third kappa shape index (κ3) is 6.05. The Bertz CT molecular complexity index is 1080. The van der Waals surface area contributed by atoms with Crippen LogP contribution < -0.4 is 10.9 Å². The van der Waals surface area contributed by atoms with Gasteiger partial charge in [0.25, 0.3) is 5.56 Å². The van der Waals surface area contributed by atoms with E-state index in [1.807, 2.05) is 37.3 Å². The third-order valence-electron chi connectivity index (χ3n) is 3.95. The van der Waals surface area contributed by atoms with Crippen LogP contribution in [0.2, 0.25) is 0 Å². The van der Waals surface area contributed by atoms with Crippen molar-refractivity contribution in [3.8, 4) is 11.3 Å². The highest BCUT2D eigenvalue weighted by Crippen LogP contribution is 2.19. The Labute approximate surface area is 177 Å². The van der Waals surface area contributed by atoms with Crippen LogP contribution in [-0.2, 0) is 9.53 Å². The number of carbonyl (C=O) groups excluding carboxylic acids is 2. The summed E-state index contributed by atoms with van der Waals surface area (Å²) >= 11 is 1.12. The first kappa shape index (κ1) is 21.3. The van der Waals surface area contributed by atoms with Gasteiger partial charge in [-0.05, 0) is 24.6 Å². The van der Waals surface area contributed by atoms with Gasteiger partial charge in [0.1, 0.15) is 0 Å². The fourth-order valence-electron chi connectivity index (χ4n) is 2.59. The molecule has 2 aromatic carbocycles. The number of anilines is 1. The van der Waals surface area contributed by atoms with Gasteiger partial charge in [-0.15, -0.1) is 0 Å². The first-order chi connectivity index (χ1) is 14.5. The summed E-state index contributed by atoms with van der Waals surface area (Å²) in [4.78, 5) is 43.3. The molecule has 0 aliphatic rings. The average molecular weight is 423 g/mol. The second-order valence-electron chi connectivity index (χ2n) is 6.36. The number of carbonyl (C=O) groups is 2. The van der Waals surface area contributed by atoms with Crippen LogP contribution in [0.5, 0.6) is 0 Å². The van der Waals surface area contributed by atoms with Gasteiger partial charge in [0, 0.05) is 17.3 Å². The molecular weight excluding hydrogens is 402 g/mol. The summed E-state index contributed by atoms with van der Waals surface area (Å²) in [6, 6.07) is 17.3. The Balaban J connectivity index is 1.62. The molecule has 0 aliphatic heterocycles. The molecule has 0 fully saturated rings. The Morgan fingerprint density at radius 3 is 2.67 bits per heavy atom. The number of ether oxygens (including phenoxy) is 1. The van der Waals surface area contributed by atoms with Gasteiger partial charge in [0.15, 0.2) is 5.16 Å². The van der Waals surface area contributed by atoms with Crippen molar-refractivity contribution in [3.63, 3.8) is 0 Å². The van der Waals surface area contributed by atoms with Crippen molar-refractivity contribution in [2.75, 3.05) is 17.7 Å². The highest BCUT2D eigenvalue weighted by Gasteiger charge is 2.11. The molecule has 0 spiro atoms. The fraction of sp³-hybridized carbons (Fsp3) is 0.182. The number of esters is 1. The molecule has 3 aromatic rings. The van der Waals surface area contributed by atoms with Crippen LogP contribution in [-0.4, -0.2) is 34.2 Å². The molecule has 7 nitrogen and oxygen atoms in total. The highest BCUT2D eigenvalue weighted by molar-refractivity contribution is 7.99. The SMILES string of the molecule is CCCOC(=O)c1cccc(NC(=O)CSc2nc(-c3ccccc3)cc(=O)[nH]2)c1. The summed E-state index contributed by atoms with van der Waals surface area (Å²) in [5.74, 6) is -0.667. The third-order valence-corrected chi connectivity index (χ3v) is 4.82. The summed E-state index contributed by atoms with van der Waals surface area (Å²) in [5.41, 5.74) is 1.94. The first-order valence-corrected chi connectivity index (χ1v) is 10.4. The number of amides is 1. The maximum Gasteiger partial charge on any atom is 0.338 e. The van der Waals surface area contributed by atoms with E-state index in [1.165, 1.54) is 6.07 Å². The van der Waals surface area contributed by atoms with Gasteiger partial charge in [0.05, 0.1) is 23.6 Å². The number of benzene rings is 2. The van der Waals surface area contributed by atoms with Crippen molar-refractivity contribution < 1.29 is 14.3 Å². The zero-order valence-corrected chi connectivity index (χ0v) is 17.2. The molecule has 3 rings (SSSR count). The number of thioether (sulfide) groups is 1. The predicted octanol–water partition coefficient (Wildman–Crippen LogP) is 3.73. The quantitative estimate of drug-likeness (QED) is 0.325. The van der Waals surface area contributed by atoms with Crippen molar-refractivity contribution in [1.29, 1.82) is 0 Å². The molecule has 0 radical (unpaired) electrons. The lowest BCUT2D eigenvalue weighted by Crippen LogP contribution is -2.16. The van der Waals surface area contributed by atoms with Crippen LogP contribution in [0, 0.1) is 0 Å². The van der Waals surface area contributed by atoms with Crippen LogP contribution in [0.3, 0.4) is 0 Å². The van der Waals surface area contributed by atoms with Crippen LogP contribution >= 0.6 is 11.8 Å². The van der Waals surface area contributed by atoms with Gasteiger partial charge in [-0.25, -0.2) is 9.78 Å². The van der Waals surface area contributed by atoms with Gasteiger partial charge in [-0.1, -0.05) is 55.1 Å². The maximum absolute atomic E-state index is 12.3. The summed E-state index contributed by atoms with van der Waals surface area (Å²) < 4.78 is 5.10. The first-order valence-electron chi connectivity index (χ1n) is 9.42. The topological polar surface area (TPSA) is 101 Å². The molecular formula is C22H21N3O4S. The van der Waals surface area contributed by atoms with E-state index in [0.717, 1.165) is 23.7 Å². The molecule has 30 heavy (non-hydrogen) atoms. The minimum Gasteiger partial charge on any atom is -0.462 e. The molecule has 154 valence electrons. The van der Waals surface area contributed by atoms with Gasteiger partial charge in [-0.2, -0.15) is 0 Å². The number of aromatic nitrogens is 2. The Hall–Kier alpha value is -3.39. The lowest BCUT2D eigenvalue weighted by atomic mass is 10.1. The molecule has 0 aliphatic carbocycles. The van der Waals surface area contributed by atoms with E-state index in [9.17, 15) is 14.4 Å². The fourth-order valence-corrected chi connectivity index (χ4v) is 3.27. The Morgan fingerprint density at radius 2 is 1.90 bits per heavy atom. The van der Waals surface area contributed by atoms with E-state index >= 15 is 0 Å². The minimum atomic E-state index is -0.429. The summed E-state index contributed by atoms with van der Waals surface area (Å²) in [5, 5.41) is 3.09. The number of nitrogens with one attached hydrogen (secondary N) is 2. The summed E-state index contributed by atoms with van der Waals surface area (Å²) in [6.07, 6.45) is 0.737. The standard InChI is InChI=1S/C22H21N3O4S/c1-2-11-29-21(28)16-9-6-10-17(12-16)23-20(27)14-30-22-24-18(13-19(26)25-22)15-7-4-3-5-8-15/h3-10,12-13H,2,11,14H2,1H3,(H,23,27)(H,24,25,26). The highest BCUT2D eigenvalue weighted by atomic mass is 32.2. The molecule has 0 saturated heterocycles. The number of H-pyrrole nitrogens is 1. The second-order valence-corrected chi connectivity index (χ2v) is 7.32. The van der Waals surface area contributed by atoms with Crippen molar-refractivity contribution in [3.05, 3.63) is 76.6 Å². The number of aromatic amines is 1. The number of nitrogens with zero attached hydrogens (tertiary/aromatic N) is 1. The second kappa shape index (κ2) is 10.4. The molecule has 8 heteroatoms. The number of hydrogen-bond acceptors (Lipinski definition) is 6. The van der Waals surface area contributed by atoms with Crippen LogP contribution in [0.4, 0.5) is 5.69 Å². The van der Waals surface area contributed by atoms with Gasteiger partial charge < -0.3 is 15.0 Å². The largest absolute Gasteiger partial charge is 0.462 e. The van der Waals surface area contributed by atoms with Gasteiger partial charge in [0.2, 0.25) is 5.91 Å². The Kier molecular flexibility index (Phi) is 7.40. The lowest BCUT2D eigenvalue weighted by molar-refractivity contribution is -0.113. The van der Waals surface area contributed by atoms with Gasteiger partial charge >= 0.3 is 5.97 Å². The van der Waals surface area contributed by atoms with E-state index in [2.05, 4.69) is 15.3 Å². The minimum absolute atomic E-state index is 0.0473. The normalized spacial score (nSPS) is 10.4. The van der Waals surface area contributed by atoms with Gasteiger partial charge in [-0.3, -0.25) is 9.59 Å². The average Bonchev–Trinajstić information content (AvgIpc) is 2.76. The monoisotopic (exact) mass is 423 g/mol. The summed E-state index contributed by atoms with van der Waals surface area (Å²) in [6.45, 7) is 2.26. The smallest absolute Gasteiger partial charge is 0.338 e. The number of hydrogen-bond donors (Lipinski definition) is 2. The number of rotatable bonds is 8. The van der Waals surface area contributed by atoms with Crippen LogP contribution in [0.25, 0.3) is 11.3 Å². The maximum atomic E-state index is 12.3. The van der Waals surface area contributed by atoms with Crippen molar-refractivity contribution in [1.82, 2.24) is 9.97 Å². The Morgan fingerprint density at radius 1 is 1.10 bits per heavy atom. The zero-order valence-electron chi connectivity index (χ0n) is 16.4. The van der Waals surface area contributed by atoms with Crippen molar-refractivity contribution in [2.45, 2.75) is 18.5 Å². The van der Waals surface area contributed by atoms with E-state index in [0.29, 0.717) is 28.7 Å². The predicted molar refractivity (Wildman–Crippen MR) is 117 cm³/mol. The van der Waals surface area contributed by atoms with Crippen LogP contribution in [0.1, 0.15) is 23.7 Å². The zero-order chi connectivity index (χ0) is 21.3. The molecule has 0 unspecified atom stereocenters. The van der Waals surface area contributed by atoms with E-state index in [4.69, 9.17) is 4.74 Å². The molecule has 0 saturated carbocycles. The molecule has 0 atom stereocenters. The molecule has 1 heterocycles. The molecule has 2 N–H and O–H groups in total. The van der Waals surface area contributed by atoms with E-state index in [-0.39, 0.29) is 17.2 Å².